The lowest BCUT2D eigenvalue weighted by atomic mass is 10.1. The van der Waals surface area contributed by atoms with E-state index in [0.717, 1.165) is 16.9 Å². The Morgan fingerprint density at radius 1 is 1.10 bits per heavy atom. The molecule has 1 heterocycles. The van der Waals surface area contributed by atoms with Gasteiger partial charge in [0.05, 0.1) is 13.7 Å². The molecule has 0 aliphatic carbocycles. The average molecular weight is 395 g/mol. The largest absolute Gasteiger partial charge is 0.497 e. The van der Waals surface area contributed by atoms with Crippen LogP contribution >= 0.6 is 0 Å². The van der Waals surface area contributed by atoms with Gasteiger partial charge >= 0.3 is 0 Å². The monoisotopic (exact) mass is 395 g/mol. The van der Waals surface area contributed by atoms with E-state index in [2.05, 4.69) is 15.5 Å². The first-order chi connectivity index (χ1) is 14.0. The van der Waals surface area contributed by atoms with Gasteiger partial charge in [-0.25, -0.2) is 0 Å². The first kappa shape index (κ1) is 20.4. The van der Waals surface area contributed by atoms with Crippen molar-refractivity contribution in [3.05, 3.63) is 59.5 Å². The number of amides is 1. The zero-order chi connectivity index (χ0) is 20.8. The summed E-state index contributed by atoms with van der Waals surface area (Å²) in [6.07, 6.45) is -0.0549. The molecule has 3 aromatic rings. The summed E-state index contributed by atoms with van der Waals surface area (Å²) < 4.78 is 16.2. The highest BCUT2D eigenvalue weighted by Crippen LogP contribution is 2.20. The summed E-state index contributed by atoms with van der Waals surface area (Å²) >= 11 is 0. The molecule has 1 N–H and O–H groups in total. The maximum atomic E-state index is 12.5. The predicted molar refractivity (Wildman–Crippen MR) is 109 cm³/mol. The summed E-state index contributed by atoms with van der Waals surface area (Å²) in [5.41, 5.74) is 3.10. The summed E-state index contributed by atoms with van der Waals surface area (Å²) in [6, 6.07) is 13.1. The number of aromatic nitrogens is 2. The van der Waals surface area contributed by atoms with Crippen LogP contribution < -0.4 is 14.8 Å². The van der Waals surface area contributed by atoms with Gasteiger partial charge in [-0.05, 0) is 67.8 Å². The van der Waals surface area contributed by atoms with Crippen LogP contribution in [0.15, 0.2) is 47.0 Å². The van der Waals surface area contributed by atoms with Crippen LogP contribution in [0.4, 0.5) is 0 Å². The first-order valence-electron chi connectivity index (χ1n) is 9.48. The Labute approximate surface area is 170 Å². The molecule has 0 bridgehead atoms. The van der Waals surface area contributed by atoms with Gasteiger partial charge in [-0.2, -0.15) is 4.98 Å². The average Bonchev–Trinajstić information content (AvgIpc) is 3.22. The maximum Gasteiger partial charge on any atom is 0.261 e. The Hall–Kier alpha value is -3.35. The van der Waals surface area contributed by atoms with Crippen LogP contribution in [-0.4, -0.2) is 29.3 Å². The second-order valence-electron chi connectivity index (χ2n) is 6.72. The molecule has 0 radical (unpaired) electrons. The van der Waals surface area contributed by atoms with Crippen molar-refractivity contribution in [3.63, 3.8) is 0 Å². The summed E-state index contributed by atoms with van der Waals surface area (Å²) in [4.78, 5) is 16.8. The lowest BCUT2D eigenvalue weighted by Gasteiger charge is -2.17. The zero-order valence-corrected chi connectivity index (χ0v) is 17.1. The van der Waals surface area contributed by atoms with Crippen molar-refractivity contribution in [2.75, 3.05) is 7.11 Å². The van der Waals surface area contributed by atoms with Crippen molar-refractivity contribution in [1.82, 2.24) is 15.5 Å². The number of hydrogen-bond acceptors (Lipinski definition) is 6. The highest BCUT2D eigenvalue weighted by Gasteiger charge is 2.19. The molecular formula is C22H25N3O4. The van der Waals surface area contributed by atoms with Crippen LogP contribution in [0.5, 0.6) is 11.5 Å². The molecule has 7 nitrogen and oxygen atoms in total. The molecule has 1 aromatic heterocycles. The summed E-state index contributed by atoms with van der Waals surface area (Å²) in [5, 5.41) is 6.76. The molecule has 29 heavy (non-hydrogen) atoms. The highest BCUT2D eigenvalue weighted by molar-refractivity contribution is 5.81. The van der Waals surface area contributed by atoms with Crippen LogP contribution in [0.25, 0.3) is 11.4 Å². The molecule has 7 heteroatoms. The second-order valence-corrected chi connectivity index (χ2v) is 6.72. The fourth-order valence-corrected chi connectivity index (χ4v) is 2.73. The molecule has 0 saturated heterocycles. The topological polar surface area (TPSA) is 86.5 Å². The highest BCUT2D eigenvalue weighted by atomic mass is 16.5. The third-order valence-corrected chi connectivity index (χ3v) is 4.65. The number of benzene rings is 2. The molecule has 2 aromatic carbocycles. The summed E-state index contributed by atoms with van der Waals surface area (Å²) in [7, 11) is 1.61. The van der Waals surface area contributed by atoms with Crippen LogP contribution in [0.2, 0.25) is 0 Å². The lowest BCUT2D eigenvalue weighted by Crippen LogP contribution is -2.37. The standard InChI is InChI=1S/C22H25N3O4/c1-5-19(28-18-9-6-14(2)15(3)12-18)22(26)23-13-20-24-21(25-29-20)16-7-10-17(27-4)11-8-16/h6-12,19H,5,13H2,1-4H3,(H,23,26)/t19-/m1/s1. The Balaban J connectivity index is 1.58. The van der Waals surface area contributed by atoms with E-state index in [4.69, 9.17) is 14.0 Å². The smallest absolute Gasteiger partial charge is 0.261 e. The number of rotatable bonds is 8. The molecule has 3 rings (SSSR count). The van der Waals surface area contributed by atoms with E-state index in [0.29, 0.717) is 23.9 Å². The fraction of sp³-hybridized carbons (Fsp3) is 0.318. The van der Waals surface area contributed by atoms with Gasteiger partial charge in [0.1, 0.15) is 11.5 Å². The van der Waals surface area contributed by atoms with Crippen molar-refractivity contribution in [2.45, 2.75) is 39.8 Å². The second kappa shape index (κ2) is 9.23. The Morgan fingerprint density at radius 3 is 2.48 bits per heavy atom. The number of ether oxygens (including phenoxy) is 2. The van der Waals surface area contributed by atoms with Crippen molar-refractivity contribution in [3.8, 4) is 22.9 Å². The summed E-state index contributed by atoms with van der Waals surface area (Å²) in [6.45, 7) is 6.08. The minimum Gasteiger partial charge on any atom is -0.497 e. The van der Waals surface area contributed by atoms with Gasteiger partial charge in [0.25, 0.3) is 5.91 Å². The number of nitrogens with zero attached hydrogens (tertiary/aromatic N) is 2. The number of methoxy groups -OCH3 is 1. The van der Waals surface area contributed by atoms with Crippen LogP contribution in [0, 0.1) is 13.8 Å². The van der Waals surface area contributed by atoms with Gasteiger partial charge in [0.15, 0.2) is 6.10 Å². The van der Waals surface area contributed by atoms with Gasteiger partial charge in [-0.3, -0.25) is 4.79 Å². The Kier molecular flexibility index (Phi) is 6.49. The van der Waals surface area contributed by atoms with Crippen molar-refractivity contribution in [2.24, 2.45) is 0 Å². The maximum absolute atomic E-state index is 12.5. The zero-order valence-electron chi connectivity index (χ0n) is 17.1. The predicted octanol–water partition coefficient (Wildman–Crippen LogP) is 3.84. The lowest BCUT2D eigenvalue weighted by molar-refractivity contribution is -0.128. The normalized spacial score (nSPS) is 11.7. The molecule has 0 unspecified atom stereocenters. The number of nitrogens with one attached hydrogen (secondary N) is 1. The molecule has 0 spiro atoms. The fourth-order valence-electron chi connectivity index (χ4n) is 2.73. The summed E-state index contributed by atoms with van der Waals surface area (Å²) in [5.74, 6) is 1.98. The molecule has 0 aliphatic heterocycles. The number of carbonyl (C=O) groups excluding carboxylic acids is 1. The third kappa shape index (κ3) is 5.13. The van der Waals surface area contributed by atoms with E-state index >= 15 is 0 Å². The van der Waals surface area contributed by atoms with Gasteiger partial charge < -0.3 is 19.3 Å². The van der Waals surface area contributed by atoms with Crippen molar-refractivity contribution >= 4 is 5.91 Å². The van der Waals surface area contributed by atoms with Gasteiger partial charge in [0.2, 0.25) is 11.7 Å². The van der Waals surface area contributed by atoms with E-state index in [9.17, 15) is 4.79 Å². The first-order valence-corrected chi connectivity index (χ1v) is 9.48. The van der Waals surface area contributed by atoms with E-state index in [-0.39, 0.29) is 12.5 Å². The molecule has 0 fully saturated rings. The quantitative estimate of drug-likeness (QED) is 0.624. The van der Waals surface area contributed by atoms with Crippen LogP contribution in [0.3, 0.4) is 0 Å². The van der Waals surface area contributed by atoms with E-state index < -0.39 is 6.10 Å². The molecule has 152 valence electrons. The third-order valence-electron chi connectivity index (χ3n) is 4.65. The minimum atomic E-state index is -0.596. The van der Waals surface area contributed by atoms with E-state index in [1.807, 2.05) is 63.2 Å². The number of carbonyl (C=O) groups is 1. The molecule has 1 amide bonds. The van der Waals surface area contributed by atoms with Gasteiger partial charge in [-0.15, -0.1) is 0 Å². The molecule has 1 atom stereocenters. The van der Waals surface area contributed by atoms with Crippen LogP contribution in [0.1, 0.15) is 30.4 Å². The Bertz CT molecular complexity index is 966. The van der Waals surface area contributed by atoms with Crippen LogP contribution in [-0.2, 0) is 11.3 Å². The molecular weight excluding hydrogens is 370 g/mol. The van der Waals surface area contributed by atoms with Crippen molar-refractivity contribution < 1.29 is 18.8 Å². The minimum absolute atomic E-state index is 0.134. The Morgan fingerprint density at radius 2 is 1.83 bits per heavy atom. The SMILES string of the molecule is CC[C@@H](Oc1ccc(C)c(C)c1)C(=O)NCc1nc(-c2ccc(OC)cc2)no1. The van der Waals surface area contributed by atoms with Gasteiger partial charge in [-0.1, -0.05) is 18.1 Å². The number of aryl methyl sites for hydroxylation is 2. The van der Waals surface area contributed by atoms with Gasteiger partial charge in [0, 0.05) is 5.56 Å². The molecule has 0 aliphatic rings. The number of hydrogen-bond donors (Lipinski definition) is 1. The van der Waals surface area contributed by atoms with Crippen molar-refractivity contribution in [1.29, 1.82) is 0 Å². The molecule has 0 saturated carbocycles. The van der Waals surface area contributed by atoms with E-state index in [1.54, 1.807) is 7.11 Å². The van der Waals surface area contributed by atoms with E-state index in [1.165, 1.54) is 5.56 Å².